The fourth-order valence-corrected chi connectivity index (χ4v) is 1.71. The summed E-state index contributed by atoms with van der Waals surface area (Å²) in [5.74, 6) is -1.03. The first-order chi connectivity index (χ1) is 9.58. The second-order valence-electron chi connectivity index (χ2n) is 4.93. The van der Waals surface area contributed by atoms with Gasteiger partial charge in [0.25, 0.3) is 0 Å². The maximum absolute atomic E-state index is 13.6. The van der Waals surface area contributed by atoms with Gasteiger partial charge >= 0.3 is 0 Å². The van der Waals surface area contributed by atoms with Gasteiger partial charge in [-0.15, -0.1) is 0 Å². The molecule has 0 saturated heterocycles. The first-order valence-corrected chi connectivity index (χ1v) is 7.03. The monoisotopic (exact) mass is 287 g/mol. The van der Waals surface area contributed by atoms with Crippen molar-refractivity contribution in [3.8, 4) is 0 Å². The van der Waals surface area contributed by atoms with Crippen LogP contribution in [0.15, 0.2) is 6.07 Å². The smallest absolute Gasteiger partial charge is 0.168 e. The number of pyridine rings is 1. The van der Waals surface area contributed by atoms with Crippen molar-refractivity contribution in [2.45, 2.75) is 33.1 Å². The molecule has 114 valence electrons. The molecule has 0 aliphatic heterocycles. The lowest BCUT2D eigenvalue weighted by atomic mass is 10.1. The van der Waals surface area contributed by atoms with E-state index in [-0.39, 0.29) is 24.2 Å². The predicted octanol–water partition coefficient (Wildman–Crippen LogP) is 3.00. The van der Waals surface area contributed by atoms with Crippen LogP contribution < -0.4 is 10.6 Å². The van der Waals surface area contributed by atoms with Gasteiger partial charge in [0.15, 0.2) is 23.3 Å². The molecule has 1 aromatic rings. The number of hydrogen-bond acceptors (Lipinski definition) is 4. The zero-order valence-electron chi connectivity index (χ0n) is 12.0. The molecule has 0 amide bonds. The van der Waals surface area contributed by atoms with Crippen LogP contribution in [0.4, 0.5) is 20.4 Å². The first-order valence-electron chi connectivity index (χ1n) is 7.03. The molecule has 1 atom stereocenters. The Balaban J connectivity index is 2.55. The largest absolute Gasteiger partial charge is 0.396 e. The van der Waals surface area contributed by atoms with E-state index in [1.54, 1.807) is 0 Å². The molecule has 1 aromatic heterocycles. The number of nitrogens with one attached hydrogen (secondary N) is 2. The lowest BCUT2D eigenvalue weighted by molar-refractivity contribution is 0.229. The predicted molar refractivity (Wildman–Crippen MR) is 76.9 cm³/mol. The minimum atomic E-state index is -0.695. The molecule has 0 aliphatic rings. The molecular formula is C14H23F2N3O. The average molecular weight is 287 g/mol. The average Bonchev–Trinajstić information content (AvgIpc) is 2.43. The van der Waals surface area contributed by atoms with E-state index in [1.165, 1.54) is 0 Å². The Morgan fingerprint density at radius 1 is 1.20 bits per heavy atom. The molecule has 0 fully saturated rings. The summed E-state index contributed by atoms with van der Waals surface area (Å²) in [6, 6.07) is 0.837. The van der Waals surface area contributed by atoms with Crippen molar-refractivity contribution in [3.63, 3.8) is 0 Å². The Morgan fingerprint density at radius 3 is 2.35 bits per heavy atom. The number of aromatic nitrogens is 1. The van der Waals surface area contributed by atoms with E-state index in [1.807, 2.05) is 13.8 Å². The van der Waals surface area contributed by atoms with Gasteiger partial charge in [0.1, 0.15) is 0 Å². The highest BCUT2D eigenvalue weighted by molar-refractivity contribution is 5.47. The number of aliphatic hydroxyl groups excluding tert-OH is 1. The molecule has 0 aromatic carbocycles. The molecule has 0 saturated carbocycles. The van der Waals surface area contributed by atoms with Crippen LogP contribution in [0, 0.1) is 17.6 Å². The van der Waals surface area contributed by atoms with Gasteiger partial charge in [-0.2, -0.15) is 0 Å². The van der Waals surface area contributed by atoms with Gasteiger partial charge < -0.3 is 15.7 Å². The fourth-order valence-electron chi connectivity index (χ4n) is 1.71. The molecule has 0 bridgehead atoms. The van der Waals surface area contributed by atoms with Gasteiger partial charge in [0.2, 0.25) is 0 Å². The van der Waals surface area contributed by atoms with Crippen molar-refractivity contribution in [2.24, 2.45) is 5.92 Å². The van der Waals surface area contributed by atoms with Crippen molar-refractivity contribution < 1.29 is 13.9 Å². The lowest BCUT2D eigenvalue weighted by Gasteiger charge is -2.12. The summed E-state index contributed by atoms with van der Waals surface area (Å²) in [7, 11) is 0. The first kappa shape index (κ1) is 16.6. The van der Waals surface area contributed by atoms with E-state index in [2.05, 4.69) is 15.6 Å². The Hall–Kier alpha value is -1.43. The van der Waals surface area contributed by atoms with Gasteiger partial charge in [-0.1, -0.05) is 13.8 Å². The van der Waals surface area contributed by atoms with Crippen molar-refractivity contribution in [1.29, 1.82) is 0 Å². The van der Waals surface area contributed by atoms with Crippen molar-refractivity contribution in [1.82, 2.24) is 4.98 Å². The normalized spacial score (nSPS) is 12.2. The molecule has 0 aliphatic carbocycles. The van der Waals surface area contributed by atoms with Crippen molar-refractivity contribution >= 4 is 11.6 Å². The Labute approximate surface area is 118 Å². The minimum Gasteiger partial charge on any atom is -0.396 e. The van der Waals surface area contributed by atoms with Crippen LogP contribution in [0.3, 0.4) is 0 Å². The van der Waals surface area contributed by atoms with Crippen LogP contribution in [-0.2, 0) is 0 Å². The topological polar surface area (TPSA) is 57.2 Å². The minimum absolute atomic E-state index is 0.0571. The van der Waals surface area contributed by atoms with Crippen LogP contribution in [0.2, 0.25) is 0 Å². The van der Waals surface area contributed by atoms with Crippen LogP contribution in [0.5, 0.6) is 0 Å². The summed E-state index contributed by atoms with van der Waals surface area (Å²) in [5, 5.41) is 14.6. The summed E-state index contributed by atoms with van der Waals surface area (Å²) in [5.41, 5.74) is 0. The molecular weight excluding hydrogens is 264 g/mol. The van der Waals surface area contributed by atoms with Crippen LogP contribution in [-0.4, -0.2) is 29.8 Å². The molecule has 1 heterocycles. The highest BCUT2D eigenvalue weighted by atomic mass is 19.1. The quantitative estimate of drug-likeness (QED) is 0.611. The third-order valence-corrected chi connectivity index (χ3v) is 2.95. The van der Waals surface area contributed by atoms with E-state index < -0.39 is 11.6 Å². The SMILES string of the molecule is CCCNc1nc(NCCCC(C)CO)c(F)cc1F. The number of anilines is 2. The van der Waals surface area contributed by atoms with Crippen molar-refractivity contribution in [3.05, 3.63) is 17.7 Å². The molecule has 1 unspecified atom stereocenters. The highest BCUT2D eigenvalue weighted by Crippen LogP contribution is 2.19. The highest BCUT2D eigenvalue weighted by Gasteiger charge is 2.11. The standard InChI is InChI=1S/C14H23F2N3O/c1-3-6-17-13-11(15)8-12(16)14(19-13)18-7-4-5-10(2)9-20/h8,10,20H,3-7,9H2,1-2H3,(H2,17,18,19). The second kappa shape index (κ2) is 8.68. The Kier molecular flexibility index (Phi) is 7.22. The number of rotatable bonds is 9. The van der Waals surface area contributed by atoms with Gasteiger partial charge in [-0.25, -0.2) is 13.8 Å². The molecule has 0 spiro atoms. The van der Waals surface area contributed by atoms with E-state index in [0.717, 1.165) is 25.3 Å². The zero-order chi connectivity index (χ0) is 15.0. The lowest BCUT2D eigenvalue weighted by Crippen LogP contribution is -2.11. The van der Waals surface area contributed by atoms with Gasteiger partial charge in [-0.05, 0) is 25.2 Å². The molecule has 6 heteroatoms. The zero-order valence-corrected chi connectivity index (χ0v) is 12.0. The summed E-state index contributed by atoms with van der Waals surface area (Å²) in [6.07, 6.45) is 2.46. The third-order valence-electron chi connectivity index (χ3n) is 2.95. The van der Waals surface area contributed by atoms with E-state index in [4.69, 9.17) is 5.11 Å². The molecule has 3 N–H and O–H groups in total. The Morgan fingerprint density at radius 2 is 1.80 bits per heavy atom. The van der Waals surface area contributed by atoms with Gasteiger partial charge in [0, 0.05) is 25.8 Å². The van der Waals surface area contributed by atoms with E-state index in [0.29, 0.717) is 13.1 Å². The summed E-state index contributed by atoms with van der Waals surface area (Å²) < 4.78 is 27.0. The molecule has 20 heavy (non-hydrogen) atoms. The summed E-state index contributed by atoms with van der Waals surface area (Å²) in [4.78, 5) is 3.92. The van der Waals surface area contributed by atoms with Crippen LogP contribution in [0.1, 0.15) is 33.1 Å². The van der Waals surface area contributed by atoms with Crippen LogP contribution in [0.25, 0.3) is 0 Å². The molecule has 4 nitrogen and oxygen atoms in total. The Bertz CT molecular complexity index is 416. The number of aliphatic hydroxyl groups is 1. The number of hydrogen-bond donors (Lipinski definition) is 3. The summed E-state index contributed by atoms with van der Waals surface area (Å²) >= 11 is 0. The number of nitrogens with zero attached hydrogens (tertiary/aromatic N) is 1. The van der Waals surface area contributed by atoms with Crippen molar-refractivity contribution in [2.75, 3.05) is 30.3 Å². The fraction of sp³-hybridized carbons (Fsp3) is 0.643. The van der Waals surface area contributed by atoms with Crippen LogP contribution >= 0.6 is 0 Å². The van der Waals surface area contributed by atoms with Gasteiger partial charge in [0.05, 0.1) is 0 Å². The number of halogens is 2. The van der Waals surface area contributed by atoms with Gasteiger partial charge in [-0.3, -0.25) is 0 Å². The maximum atomic E-state index is 13.6. The van der Waals surface area contributed by atoms with E-state index in [9.17, 15) is 8.78 Å². The second-order valence-corrected chi connectivity index (χ2v) is 4.93. The summed E-state index contributed by atoms with van der Waals surface area (Å²) in [6.45, 7) is 5.17. The molecule has 0 radical (unpaired) electrons. The van der Waals surface area contributed by atoms with E-state index >= 15 is 0 Å². The third kappa shape index (κ3) is 5.28. The molecule has 1 rings (SSSR count). The maximum Gasteiger partial charge on any atom is 0.168 e.